The van der Waals surface area contributed by atoms with Crippen molar-refractivity contribution < 1.29 is 23.8 Å². The number of ketones is 1. The van der Waals surface area contributed by atoms with Crippen LogP contribution in [0.1, 0.15) is 48.9 Å². The number of hydrogen-bond donors (Lipinski definition) is 1. The number of nitrogens with zero attached hydrogens (tertiary/aromatic N) is 1. The van der Waals surface area contributed by atoms with E-state index >= 15 is 0 Å². The molecular weight excluding hydrogens is 385 g/mol. The molecule has 3 rings (SSSR count). The minimum Gasteiger partial charge on any atom is -0.507 e. The highest BCUT2D eigenvalue weighted by Crippen LogP contribution is 2.40. The summed E-state index contributed by atoms with van der Waals surface area (Å²) in [6, 6.07) is 10.0. The van der Waals surface area contributed by atoms with Gasteiger partial charge in [0.05, 0.1) is 18.7 Å². The molecule has 1 saturated heterocycles. The fourth-order valence-corrected chi connectivity index (χ4v) is 3.81. The molecule has 6 heteroatoms. The fraction of sp³-hybridized carbons (Fsp3) is 0.333. The Morgan fingerprint density at radius 1 is 1.13 bits per heavy atom. The lowest BCUT2D eigenvalue weighted by Crippen LogP contribution is -2.30. The van der Waals surface area contributed by atoms with E-state index in [0.29, 0.717) is 29.0 Å². The zero-order valence-electron chi connectivity index (χ0n) is 17.4. The van der Waals surface area contributed by atoms with Gasteiger partial charge in [-0.25, -0.2) is 4.39 Å². The SMILES string of the molecule is CCCCCN1C(=O)C(=O)/C(=C(\O)c2ccc(OC)cc2C)C1c1ccc(F)cc1. The number of unbranched alkanes of at least 4 members (excludes halogenated alkanes) is 2. The standard InChI is InChI=1S/C24H26FNO4/c1-4-5-6-13-26-21(16-7-9-17(25)10-8-16)20(23(28)24(26)29)22(27)19-12-11-18(30-3)14-15(19)2/h7-12,14,21,27H,4-6,13H2,1-3H3/b22-20-. The molecule has 30 heavy (non-hydrogen) atoms. The summed E-state index contributed by atoms with van der Waals surface area (Å²) in [7, 11) is 1.55. The summed E-state index contributed by atoms with van der Waals surface area (Å²) in [5.74, 6) is -1.39. The van der Waals surface area contributed by atoms with Crippen molar-refractivity contribution in [1.29, 1.82) is 0 Å². The molecule has 1 unspecified atom stereocenters. The Morgan fingerprint density at radius 2 is 1.83 bits per heavy atom. The molecular formula is C24H26FNO4. The number of halogens is 1. The molecule has 1 atom stereocenters. The smallest absolute Gasteiger partial charge is 0.295 e. The average molecular weight is 411 g/mol. The molecule has 1 amide bonds. The number of rotatable bonds is 7. The Hall–Kier alpha value is -3.15. The van der Waals surface area contributed by atoms with Gasteiger partial charge in [0.25, 0.3) is 11.7 Å². The number of hydrogen-bond acceptors (Lipinski definition) is 4. The second-order valence-electron chi connectivity index (χ2n) is 7.43. The molecule has 1 heterocycles. The van der Waals surface area contributed by atoms with E-state index in [1.54, 1.807) is 44.4 Å². The van der Waals surface area contributed by atoms with E-state index in [2.05, 4.69) is 6.92 Å². The Labute approximate surface area is 175 Å². The topological polar surface area (TPSA) is 66.8 Å². The van der Waals surface area contributed by atoms with Crippen molar-refractivity contribution in [2.24, 2.45) is 0 Å². The Kier molecular flexibility index (Phi) is 6.55. The van der Waals surface area contributed by atoms with E-state index in [0.717, 1.165) is 19.3 Å². The van der Waals surface area contributed by atoms with Crippen LogP contribution in [-0.4, -0.2) is 35.4 Å². The molecule has 1 aliphatic rings. The summed E-state index contributed by atoms with van der Waals surface area (Å²) >= 11 is 0. The number of aliphatic hydroxyl groups is 1. The molecule has 0 bridgehead atoms. The zero-order valence-corrected chi connectivity index (χ0v) is 17.4. The van der Waals surface area contributed by atoms with Crippen LogP contribution in [0.2, 0.25) is 0 Å². The first kappa shape index (κ1) is 21.6. The van der Waals surface area contributed by atoms with Crippen molar-refractivity contribution in [3.05, 3.63) is 70.5 Å². The highest BCUT2D eigenvalue weighted by molar-refractivity contribution is 6.46. The van der Waals surface area contributed by atoms with Crippen molar-refractivity contribution in [2.75, 3.05) is 13.7 Å². The molecule has 1 fully saturated rings. The largest absolute Gasteiger partial charge is 0.507 e. The van der Waals surface area contributed by atoms with Gasteiger partial charge in [-0.05, 0) is 54.8 Å². The third-order valence-electron chi connectivity index (χ3n) is 5.42. The molecule has 158 valence electrons. The number of carbonyl (C=O) groups is 2. The number of benzene rings is 2. The van der Waals surface area contributed by atoms with E-state index in [1.165, 1.54) is 17.0 Å². The monoisotopic (exact) mass is 411 g/mol. The first-order valence-corrected chi connectivity index (χ1v) is 10.1. The first-order valence-electron chi connectivity index (χ1n) is 10.1. The van der Waals surface area contributed by atoms with Gasteiger partial charge in [-0.2, -0.15) is 0 Å². The van der Waals surface area contributed by atoms with Crippen molar-refractivity contribution in [2.45, 2.75) is 39.2 Å². The highest BCUT2D eigenvalue weighted by atomic mass is 19.1. The second-order valence-corrected chi connectivity index (χ2v) is 7.43. The lowest BCUT2D eigenvalue weighted by atomic mass is 9.94. The summed E-state index contributed by atoms with van der Waals surface area (Å²) in [6.07, 6.45) is 2.62. The van der Waals surface area contributed by atoms with E-state index in [1.807, 2.05) is 0 Å². The number of carbonyl (C=O) groups excluding carboxylic acids is 2. The number of Topliss-reactive ketones (excluding diaryl/α,β-unsaturated/α-hetero) is 1. The van der Waals surface area contributed by atoms with Crippen LogP contribution in [0, 0.1) is 12.7 Å². The van der Waals surface area contributed by atoms with Crippen LogP contribution in [0.4, 0.5) is 4.39 Å². The van der Waals surface area contributed by atoms with Gasteiger partial charge in [0.2, 0.25) is 0 Å². The van der Waals surface area contributed by atoms with Gasteiger partial charge in [0.15, 0.2) is 0 Å². The molecule has 0 spiro atoms. The van der Waals surface area contributed by atoms with Crippen LogP contribution >= 0.6 is 0 Å². The average Bonchev–Trinajstić information content (AvgIpc) is 2.99. The van der Waals surface area contributed by atoms with Crippen LogP contribution in [0.15, 0.2) is 48.0 Å². The molecule has 0 aromatic heterocycles. The number of ether oxygens (including phenoxy) is 1. The molecule has 1 aliphatic heterocycles. The Morgan fingerprint density at radius 3 is 2.43 bits per heavy atom. The van der Waals surface area contributed by atoms with Crippen LogP contribution in [0.5, 0.6) is 5.75 Å². The second kappa shape index (κ2) is 9.11. The summed E-state index contributed by atoms with van der Waals surface area (Å²) in [4.78, 5) is 27.2. The fourth-order valence-electron chi connectivity index (χ4n) is 3.81. The third kappa shape index (κ3) is 4.08. The maximum Gasteiger partial charge on any atom is 0.295 e. The van der Waals surface area contributed by atoms with Gasteiger partial charge in [0.1, 0.15) is 17.3 Å². The van der Waals surface area contributed by atoms with Gasteiger partial charge in [-0.1, -0.05) is 31.9 Å². The summed E-state index contributed by atoms with van der Waals surface area (Å²) < 4.78 is 18.7. The maximum atomic E-state index is 13.5. The van der Waals surface area contributed by atoms with E-state index in [-0.39, 0.29) is 11.3 Å². The van der Waals surface area contributed by atoms with Crippen molar-refractivity contribution in [1.82, 2.24) is 4.90 Å². The van der Waals surface area contributed by atoms with E-state index in [9.17, 15) is 19.1 Å². The Balaban J connectivity index is 2.13. The molecule has 1 N–H and O–H groups in total. The first-order chi connectivity index (χ1) is 14.4. The van der Waals surface area contributed by atoms with Crippen molar-refractivity contribution >= 4 is 17.4 Å². The number of aryl methyl sites for hydroxylation is 1. The minimum absolute atomic E-state index is 0.0244. The predicted molar refractivity (Wildman–Crippen MR) is 113 cm³/mol. The lowest BCUT2D eigenvalue weighted by Gasteiger charge is -2.25. The van der Waals surface area contributed by atoms with Gasteiger partial charge in [0, 0.05) is 12.1 Å². The van der Waals surface area contributed by atoms with E-state index < -0.39 is 23.5 Å². The van der Waals surface area contributed by atoms with Crippen LogP contribution in [0.25, 0.3) is 5.76 Å². The van der Waals surface area contributed by atoms with Crippen LogP contribution in [-0.2, 0) is 9.59 Å². The number of likely N-dealkylation sites (tertiary alicyclic amines) is 1. The highest BCUT2D eigenvalue weighted by Gasteiger charge is 2.45. The number of aliphatic hydroxyl groups excluding tert-OH is 1. The minimum atomic E-state index is -0.760. The van der Waals surface area contributed by atoms with Gasteiger partial charge in [-0.15, -0.1) is 0 Å². The molecule has 0 aliphatic carbocycles. The quantitative estimate of drug-likeness (QED) is 0.309. The van der Waals surface area contributed by atoms with Crippen molar-refractivity contribution in [3.63, 3.8) is 0 Å². The van der Waals surface area contributed by atoms with Crippen LogP contribution < -0.4 is 4.74 Å². The summed E-state index contributed by atoms with van der Waals surface area (Å²) in [5.41, 5.74) is 1.77. The normalized spacial score (nSPS) is 18.1. The molecule has 2 aromatic carbocycles. The third-order valence-corrected chi connectivity index (χ3v) is 5.42. The van der Waals surface area contributed by atoms with Gasteiger partial charge >= 0.3 is 0 Å². The molecule has 0 radical (unpaired) electrons. The van der Waals surface area contributed by atoms with Gasteiger partial charge < -0.3 is 14.7 Å². The molecule has 0 saturated carbocycles. The summed E-state index contributed by atoms with van der Waals surface area (Å²) in [6.45, 7) is 4.23. The molecule has 2 aromatic rings. The van der Waals surface area contributed by atoms with Crippen molar-refractivity contribution in [3.8, 4) is 5.75 Å². The maximum absolute atomic E-state index is 13.5. The van der Waals surface area contributed by atoms with Crippen LogP contribution in [0.3, 0.4) is 0 Å². The zero-order chi connectivity index (χ0) is 21.8. The van der Waals surface area contributed by atoms with E-state index in [4.69, 9.17) is 4.74 Å². The summed E-state index contributed by atoms with van der Waals surface area (Å²) in [5, 5.41) is 11.1. The molecule has 5 nitrogen and oxygen atoms in total. The number of amides is 1. The predicted octanol–water partition coefficient (Wildman–Crippen LogP) is 4.75. The Bertz CT molecular complexity index is 981. The lowest BCUT2D eigenvalue weighted by molar-refractivity contribution is -0.139. The number of methoxy groups -OCH3 is 1. The van der Waals surface area contributed by atoms with Gasteiger partial charge in [-0.3, -0.25) is 9.59 Å².